The van der Waals surface area contributed by atoms with Crippen LogP contribution in [0.2, 0.25) is 0 Å². The molecule has 0 N–H and O–H groups in total. The van der Waals surface area contributed by atoms with Crippen LogP contribution in [-0.2, 0) is 21.2 Å². The molecule has 4 rings (SSSR count). The zero-order valence-electron chi connectivity index (χ0n) is 19.3. The van der Waals surface area contributed by atoms with E-state index in [-0.39, 0.29) is 17.1 Å². The number of hydrogen-bond donors (Lipinski definition) is 0. The van der Waals surface area contributed by atoms with Crippen molar-refractivity contribution < 1.29 is 22.5 Å². The summed E-state index contributed by atoms with van der Waals surface area (Å²) in [5.41, 5.74) is 0.961. The number of carbonyl (C=O) groups excluding carboxylic acids is 1. The van der Waals surface area contributed by atoms with Gasteiger partial charge in [0, 0.05) is 37.5 Å². The fourth-order valence-corrected chi connectivity index (χ4v) is 5.90. The molecule has 1 aliphatic rings. The molecule has 1 saturated heterocycles. The lowest BCUT2D eigenvalue weighted by atomic mass is 9.94. The minimum Gasteiger partial charge on any atom is -0.462 e. The fourth-order valence-electron chi connectivity index (χ4n) is 4.17. The first-order chi connectivity index (χ1) is 16.3. The molecule has 180 valence electrons. The number of pyridine rings is 1. The van der Waals surface area contributed by atoms with Gasteiger partial charge in [-0.2, -0.15) is 9.29 Å². The van der Waals surface area contributed by atoms with E-state index in [1.165, 1.54) is 16.4 Å². The van der Waals surface area contributed by atoms with Crippen LogP contribution in [-0.4, -0.2) is 53.5 Å². The highest BCUT2D eigenvalue weighted by Crippen LogP contribution is 2.27. The van der Waals surface area contributed by atoms with E-state index in [2.05, 4.69) is 29.0 Å². The number of aromatic nitrogens is 3. The van der Waals surface area contributed by atoms with Crippen molar-refractivity contribution in [3.05, 3.63) is 60.2 Å². The minimum atomic E-state index is -3.67. The lowest BCUT2D eigenvalue weighted by Gasteiger charge is -2.34. The van der Waals surface area contributed by atoms with Crippen LogP contribution >= 0.6 is 0 Å². The molecule has 3 aromatic rings. The third-order valence-corrected chi connectivity index (χ3v) is 7.53. The summed E-state index contributed by atoms with van der Waals surface area (Å²) in [4.78, 5) is 21.0. The third-order valence-electron chi connectivity index (χ3n) is 5.70. The van der Waals surface area contributed by atoms with E-state index in [0.29, 0.717) is 49.5 Å². The lowest BCUT2D eigenvalue weighted by molar-refractivity contribution is 0.0498. The van der Waals surface area contributed by atoms with Gasteiger partial charge in [-0.05, 0) is 55.0 Å². The van der Waals surface area contributed by atoms with Crippen LogP contribution < -0.4 is 0 Å². The normalized spacial score (nSPS) is 19.1. The molecule has 1 aliphatic heterocycles. The molecule has 2 unspecified atom stereocenters. The number of esters is 1. The van der Waals surface area contributed by atoms with E-state index in [4.69, 9.17) is 9.26 Å². The van der Waals surface area contributed by atoms with Gasteiger partial charge >= 0.3 is 5.97 Å². The van der Waals surface area contributed by atoms with Crippen molar-refractivity contribution in [3.8, 4) is 11.4 Å². The first-order valence-electron chi connectivity index (χ1n) is 11.3. The average Bonchev–Trinajstić information content (AvgIpc) is 3.31. The van der Waals surface area contributed by atoms with Crippen molar-refractivity contribution >= 4 is 16.0 Å². The Labute approximate surface area is 199 Å². The molecule has 2 aromatic heterocycles. The summed E-state index contributed by atoms with van der Waals surface area (Å²) in [5.74, 6) is 0.916. The van der Waals surface area contributed by atoms with Crippen LogP contribution in [0.4, 0.5) is 0 Å². The second-order valence-electron chi connectivity index (χ2n) is 8.79. The second kappa shape index (κ2) is 10.4. The van der Waals surface area contributed by atoms with E-state index < -0.39 is 16.0 Å². The molecule has 0 amide bonds. The average molecular weight is 485 g/mol. The molecule has 10 heteroatoms. The first-order valence-corrected chi connectivity index (χ1v) is 12.8. The molecular formula is C24H28N4O5S. The minimum absolute atomic E-state index is 0.108. The van der Waals surface area contributed by atoms with Gasteiger partial charge in [-0.3, -0.25) is 4.98 Å². The van der Waals surface area contributed by atoms with Crippen molar-refractivity contribution in [1.29, 1.82) is 0 Å². The SMILES string of the molecule is CC1CC(C)CN(S(=O)(=O)c2cccc(C(=O)OCCCc3nc(-c4cccnc4)no3)c2)C1. The van der Waals surface area contributed by atoms with E-state index >= 15 is 0 Å². The van der Waals surface area contributed by atoms with Gasteiger partial charge in [0.05, 0.1) is 17.1 Å². The first kappa shape index (κ1) is 24.0. The van der Waals surface area contributed by atoms with Gasteiger partial charge in [-0.15, -0.1) is 0 Å². The number of aryl methyl sites for hydroxylation is 1. The van der Waals surface area contributed by atoms with Crippen LogP contribution in [0.5, 0.6) is 0 Å². The highest BCUT2D eigenvalue weighted by atomic mass is 32.2. The number of hydrogen-bond acceptors (Lipinski definition) is 8. The predicted molar refractivity (Wildman–Crippen MR) is 124 cm³/mol. The predicted octanol–water partition coefficient (Wildman–Crippen LogP) is 3.59. The molecule has 1 aromatic carbocycles. The molecular weight excluding hydrogens is 456 g/mol. The Morgan fingerprint density at radius 1 is 1.18 bits per heavy atom. The molecule has 0 bridgehead atoms. The van der Waals surface area contributed by atoms with Gasteiger partial charge in [0.15, 0.2) is 0 Å². The van der Waals surface area contributed by atoms with Crippen molar-refractivity contribution in [2.24, 2.45) is 11.8 Å². The maximum absolute atomic E-state index is 13.1. The molecule has 1 fully saturated rings. The number of ether oxygens (including phenoxy) is 1. The largest absolute Gasteiger partial charge is 0.462 e. The summed E-state index contributed by atoms with van der Waals surface area (Å²) in [6.45, 7) is 5.22. The maximum Gasteiger partial charge on any atom is 0.338 e. The van der Waals surface area contributed by atoms with Crippen molar-refractivity contribution in [3.63, 3.8) is 0 Å². The Morgan fingerprint density at radius 2 is 1.97 bits per heavy atom. The van der Waals surface area contributed by atoms with Gasteiger partial charge in [0.1, 0.15) is 0 Å². The topological polar surface area (TPSA) is 115 Å². The summed E-state index contributed by atoms with van der Waals surface area (Å²) in [6, 6.07) is 9.66. The summed E-state index contributed by atoms with van der Waals surface area (Å²) in [7, 11) is -3.67. The Kier molecular flexibility index (Phi) is 7.38. The summed E-state index contributed by atoms with van der Waals surface area (Å²) >= 11 is 0. The number of nitrogens with zero attached hydrogens (tertiary/aromatic N) is 4. The van der Waals surface area contributed by atoms with Crippen LogP contribution in [0.3, 0.4) is 0 Å². The van der Waals surface area contributed by atoms with Crippen LogP contribution in [0.15, 0.2) is 58.2 Å². The molecule has 0 aliphatic carbocycles. The van der Waals surface area contributed by atoms with Crippen LogP contribution in [0.25, 0.3) is 11.4 Å². The van der Waals surface area contributed by atoms with E-state index in [1.54, 1.807) is 30.6 Å². The number of rotatable bonds is 8. The zero-order chi connectivity index (χ0) is 24.1. The van der Waals surface area contributed by atoms with E-state index in [0.717, 1.165) is 12.0 Å². The van der Waals surface area contributed by atoms with Gasteiger partial charge in [0.2, 0.25) is 21.7 Å². The number of piperidine rings is 1. The van der Waals surface area contributed by atoms with Crippen molar-refractivity contribution in [1.82, 2.24) is 19.4 Å². The Morgan fingerprint density at radius 3 is 2.71 bits per heavy atom. The van der Waals surface area contributed by atoms with E-state index in [9.17, 15) is 13.2 Å². The number of carbonyl (C=O) groups is 1. The van der Waals surface area contributed by atoms with E-state index in [1.807, 2.05) is 6.07 Å². The monoisotopic (exact) mass is 484 g/mol. The quantitative estimate of drug-likeness (QED) is 0.352. The second-order valence-corrected chi connectivity index (χ2v) is 10.7. The Hall–Kier alpha value is -3.11. The molecule has 0 spiro atoms. The number of sulfonamides is 1. The highest BCUT2D eigenvalue weighted by molar-refractivity contribution is 7.89. The van der Waals surface area contributed by atoms with Crippen molar-refractivity contribution in [2.75, 3.05) is 19.7 Å². The molecule has 3 heterocycles. The van der Waals surface area contributed by atoms with Crippen molar-refractivity contribution in [2.45, 2.75) is 38.0 Å². The summed E-state index contributed by atoms with van der Waals surface area (Å²) in [5, 5.41) is 3.93. The standard InChI is InChI=1S/C24H28N4O5S/c1-17-12-18(2)16-28(15-17)34(30,31)21-8-3-6-19(13-21)24(29)32-11-5-9-22-26-23(27-33-22)20-7-4-10-25-14-20/h3-4,6-8,10,13-14,17-18H,5,9,11-12,15-16H2,1-2H3. The van der Waals surface area contributed by atoms with Gasteiger partial charge in [0.25, 0.3) is 0 Å². The molecule has 0 saturated carbocycles. The summed E-state index contributed by atoms with van der Waals surface area (Å²) < 4.78 is 38.3. The smallest absolute Gasteiger partial charge is 0.338 e. The third kappa shape index (κ3) is 5.68. The van der Waals surface area contributed by atoms with Gasteiger partial charge in [-0.25, -0.2) is 13.2 Å². The van der Waals surface area contributed by atoms with Crippen LogP contribution in [0, 0.1) is 11.8 Å². The number of benzene rings is 1. The van der Waals surface area contributed by atoms with Gasteiger partial charge < -0.3 is 9.26 Å². The van der Waals surface area contributed by atoms with Gasteiger partial charge in [-0.1, -0.05) is 25.1 Å². The lowest BCUT2D eigenvalue weighted by Crippen LogP contribution is -2.42. The Balaban J connectivity index is 1.32. The Bertz CT molecular complexity index is 1220. The maximum atomic E-state index is 13.1. The fraction of sp³-hybridized carbons (Fsp3) is 0.417. The zero-order valence-corrected chi connectivity index (χ0v) is 20.1. The highest BCUT2D eigenvalue weighted by Gasteiger charge is 2.32. The molecule has 34 heavy (non-hydrogen) atoms. The van der Waals surface area contributed by atoms with Crippen LogP contribution in [0.1, 0.15) is 42.9 Å². The molecule has 0 radical (unpaired) electrons. The summed E-state index contributed by atoms with van der Waals surface area (Å²) in [6.07, 6.45) is 5.25. The molecule has 2 atom stereocenters. The molecule has 9 nitrogen and oxygen atoms in total.